The summed E-state index contributed by atoms with van der Waals surface area (Å²) in [6.45, 7) is -0.151. The van der Waals surface area contributed by atoms with Gasteiger partial charge in [-0.1, -0.05) is 0 Å². The molecular formula is C13H12F2N2O2. The molecule has 2 rings (SSSR count). The van der Waals surface area contributed by atoms with E-state index >= 15 is 0 Å². The molecule has 1 aromatic rings. The zero-order valence-electron chi connectivity index (χ0n) is 10.1. The van der Waals surface area contributed by atoms with Crippen LogP contribution in [0.4, 0.5) is 14.5 Å². The first-order valence-corrected chi connectivity index (χ1v) is 5.87. The summed E-state index contributed by atoms with van der Waals surface area (Å²) in [6, 6.07) is 3.49. The van der Waals surface area contributed by atoms with Gasteiger partial charge in [-0.25, -0.2) is 8.78 Å². The lowest BCUT2D eigenvalue weighted by Crippen LogP contribution is -2.33. The van der Waals surface area contributed by atoms with Crippen molar-refractivity contribution in [1.82, 2.24) is 0 Å². The Kier molecular flexibility index (Phi) is 3.65. The molecule has 0 unspecified atom stereocenters. The first-order valence-electron chi connectivity index (χ1n) is 5.87. The number of benzene rings is 1. The SMILES string of the molecule is N#Cc1cc(F)c(N(CC(=O)O)CC2CC2)c(F)c1. The molecule has 0 spiro atoms. The van der Waals surface area contributed by atoms with Crippen molar-refractivity contribution in [3.63, 3.8) is 0 Å². The number of halogens is 2. The molecule has 1 saturated carbocycles. The van der Waals surface area contributed by atoms with Crippen LogP contribution < -0.4 is 4.90 Å². The summed E-state index contributed by atoms with van der Waals surface area (Å²) in [5.74, 6) is -2.67. The highest BCUT2D eigenvalue weighted by molar-refractivity contribution is 5.74. The predicted molar refractivity (Wildman–Crippen MR) is 63.6 cm³/mol. The largest absolute Gasteiger partial charge is 0.480 e. The van der Waals surface area contributed by atoms with E-state index in [-0.39, 0.29) is 17.2 Å². The maximum Gasteiger partial charge on any atom is 0.323 e. The molecule has 0 aromatic heterocycles. The lowest BCUT2D eigenvalue weighted by atomic mass is 10.1. The summed E-state index contributed by atoms with van der Waals surface area (Å²) in [5, 5.41) is 17.4. The van der Waals surface area contributed by atoms with Crippen molar-refractivity contribution in [2.75, 3.05) is 18.0 Å². The number of rotatable bonds is 5. The molecule has 0 heterocycles. The van der Waals surface area contributed by atoms with Crippen LogP contribution in [0.25, 0.3) is 0 Å². The number of carboxylic acid groups (broad SMARTS) is 1. The monoisotopic (exact) mass is 266 g/mol. The fourth-order valence-corrected chi connectivity index (χ4v) is 1.94. The topological polar surface area (TPSA) is 64.3 Å². The smallest absolute Gasteiger partial charge is 0.323 e. The van der Waals surface area contributed by atoms with Crippen LogP contribution in [-0.2, 0) is 4.79 Å². The van der Waals surface area contributed by atoms with E-state index in [1.165, 1.54) is 4.90 Å². The zero-order chi connectivity index (χ0) is 14.0. The molecule has 1 aliphatic carbocycles. The summed E-state index contributed by atoms with van der Waals surface area (Å²) in [7, 11) is 0. The molecule has 4 nitrogen and oxygen atoms in total. The Morgan fingerprint density at radius 3 is 2.42 bits per heavy atom. The third-order valence-corrected chi connectivity index (χ3v) is 2.96. The number of anilines is 1. The average molecular weight is 266 g/mol. The third-order valence-electron chi connectivity index (χ3n) is 2.96. The Morgan fingerprint density at radius 2 is 2.00 bits per heavy atom. The van der Waals surface area contributed by atoms with E-state index in [4.69, 9.17) is 10.4 Å². The summed E-state index contributed by atoms with van der Waals surface area (Å²) in [4.78, 5) is 12.0. The van der Waals surface area contributed by atoms with Crippen LogP contribution in [0.2, 0.25) is 0 Å². The molecule has 0 atom stereocenters. The Labute approximate surface area is 108 Å². The maximum absolute atomic E-state index is 13.8. The van der Waals surface area contributed by atoms with Gasteiger partial charge in [0.15, 0.2) is 11.6 Å². The van der Waals surface area contributed by atoms with Crippen molar-refractivity contribution in [2.24, 2.45) is 5.92 Å². The van der Waals surface area contributed by atoms with Crippen LogP contribution in [0.3, 0.4) is 0 Å². The van der Waals surface area contributed by atoms with Crippen molar-refractivity contribution < 1.29 is 18.7 Å². The zero-order valence-corrected chi connectivity index (χ0v) is 10.1. The van der Waals surface area contributed by atoms with Gasteiger partial charge in [0.05, 0.1) is 11.6 Å². The highest BCUT2D eigenvalue weighted by Crippen LogP contribution is 2.33. The highest BCUT2D eigenvalue weighted by Gasteiger charge is 2.28. The number of hydrogen-bond donors (Lipinski definition) is 1. The van der Waals surface area contributed by atoms with Crippen molar-refractivity contribution in [2.45, 2.75) is 12.8 Å². The van der Waals surface area contributed by atoms with Crippen LogP contribution in [0.5, 0.6) is 0 Å². The van der Waals surface area contributed by atoms with Gasteiger partial charge in [-0.3, -0.25) is 4.79 Å². The number of aliphatic carboxylic acids is 1. The van der Waals surface area contributed by atoms with Gasteiger partial charge in [0.1, 0.15) is 12.2 Å². The van der Waals surface area contributed by atoms with Crippen LogP contribution >= 0.6 is 0 Å². The molecule has 0 saturated heterocycles. The summed E-state index contributed by atoms with van der Waals surface area (Å²) in [6.07, 6.45) is 1.88. The molecule has 0 radical (unpaired) electrons. The van der Waals surface area contributed by atoms with Crippen LogP contribution in [-0.4, -0.2) is 24.2 Å². The van der Waals surface area contributed by atoms with E-state index in [1.807, 2.05) is 0 Å². The van der Waals surface area contributed by atoms with E-state index in [9.17, 15) is 13.6 Å². The normalized spacial score (nSPS) is 13.9. The average Bonchev–Trinajstić information content (AvgIpc) is 3.10. The molecule has 0 amide bonds. The third kappa shape index (κ3) is 3.19. The molecule has 1 aliphatic rings. The fourth-order valence-electron chi connectivity index (χ4n) is 1.94. The molecule has 100 valence electrons. The summed E-state index contributed by atoms with van der Waals surface area (Å²) in [5.41, 5.74) is -0.492. The van der Waals surface area contributed by atoms with E-state index in [1.54, 1.807) is 6.07 Å². The molecule has 6 heteroatoms. The van der Waals surface area contributed by atoms with Gasteiger partial charge >= 0.3 is 5.97 Å². The first-order chi connectivity index (χ1) is 9.01. The first kappa shape index (κ1) is 13.3. The lowest BCUT2D eigenvalue weighted by Gasteiger charge is -2.23. The number of nitrogens with zero attached hydrogens (tertiary/aromatic N) is 2. The highest BCUT2D eigenvalue weighted by atomic mass is 19.1. The molecule has 1 fully saturated rings. The lowest BCUT2D eigenvalue weighted by molar-refractivity contribution is -0.135. The van der Waals surface area contributed by atoms with Crippen molar-refractivity contribution in [1.29, 1.82) is 5.26 Å². The number of nitriles is 1. The fraction of sp³-hybridized carbons (Fsp3) is 0.385. The van der Waals surface area contributed by atoms with Crippen molar-refractivity contribution in [3.05, 3.63) is 29.3 Å². The second kappa shape index (κ2) is 5.22. The second-order valence-corrected chi connectivity index (χ2v) is 4.62. The van der Waals surface area contributed by atoms with Crippen LogP contribution in [0, 0.1) is 28.9 Å². The van der Waals surface area contributed by atoms with E-state index in [2.05, 4.69) is 0 Å². The number of hydrogen-bond acceptors (Lipinski definition) is 3. The molecule has 0 bridgehead atoms. The molecule has 0 aliphatic heterocycles. The van der Waals surface area contributed by atoms with E-state index < -0.39 is 24.1 Å². The van der Waals surface area contributed by atoms with Gasteiger partial charge in [0.25, 0.3) is 0 Å². The maximum atomic E-state index is 13.8. The molecule has 19 heavy (non-hydrogen) atoms. The van der Waals surface area contributed by atoms with E-state index in [0.717, 1.165) is 25.0 Å². The minimum absolute atomic E-state index is 0.125. The Bertz CT molecular complexity index is 527. The van der Waals surface area contributed by atoms with Gasteiger partial charge < -0.3 is 10.0 Å². The Hall–Kier alpha value is -2.16. The molecule has 1 N–H and O–H groups in total. The van der Waals surface area contributed by atoms with Gasteiger partial charge in [0, 0.05) is 6.54 Å². The van der Waals surface area contributed by atoms with Gasteiger partial charge in [-0.15, -0.1) is 0 Å². The Morgan fingerprint density at radius 1 is 1.42 bits per heavy atom. The quantitative estimate of drug-likeness (QED) is 0.886. The van der Waals surface area contributed by atoms with E-state index in [0.29, 0.717) is 6.54 Å². The predicted octanol–water partition coefficient (Wildman–Crippen LogP) is 2.14. The number of carbonyl (C=O) groups is 1. The second-order valence-electron chi connectivity index (χ2n) is 4.62. The minimum Gasteiger partial charge on any atom is -0.480 e. The van der Waals surface area contributed by atoms with Crippen molar-refractivity contribution in [3.8, 4) is 6.07 Å². The molecule has 1 aromatic carbocycles. The van der Waals surface area contributed by atoms with Gasteiger partial charge in [0.2, 0.25) is 0 Å². The minimum atomic E-state index is -1.15. The van der Waals surface area contributed by atoms with Crippen LogP contribution in [0.15, 0.2) is 12.1 Å². The standard InChI is InChI=1S/C13H12F2N2O2/c14-10-3-9(5-16)4-11(15)13(10)17(7-12(18)19)6-8-1-2-8/h3-4,8H,1-2,6-7H2,(H,18,19). The number of carboxylic acids is 1. The Balaban J connectivity index is 2.34. The van der Waals surface area contributed by atoms with Crippen LogP contribution in [0.1, 0.15) is 18.4 Å². The van der Waals surface area contributed by atoms with Gasteiger partial charge in [-0.05, 0) is 30.9 Å². The molecular weight excluding hydrogens is 254 g/mol. The van der Waals surface area contributed by atoms with Crippen molar-refractivity contribution >= 4 is 11.7 Å². The summed E-state index contributed by atoms with van der Waals surface area (Å²) >= 11 is 0. The van der Waals surface area contributed by atoms with Gasteiger partial charge in [-0.2, -0.15) is 5.26 Å². The summed E-state index contributed by atoms with van der Waals surface area (Å²) < 4.78 is 27.7.